The molecule has 0 aliphatic carbocycles. The van der Waals surface area contributed by atoms with Gasteiger partial charge in [0, 0.05) is 6.92 Å². The van der Waals surface area contributed by atoms with E-state index in [0.29, 0.717) is 0 Å². The number of carboxylic acids is 1. The standard InChI is InChI=1S/C2H4O2.H6OSi2/c1-2(3)4;2-1-3/h1H3,(H,3,4);2-3H3. The third-order valence-electron chi connectivity index (χ3n) is 0. The summed E-state index contributed by atoms with van der Waals surface area (Å²) in [7, 11) is 1.86. The molecule has 7 heavy (non-hydrogen) atoms. The van der Waals surface area contributed by atoms with Crippen LogP contribution in [0.3, 0.4) is 0 Å². The third kappa shape index (κ3) is 4720. The highest BCUT2D eigenvalue weighted by Gasteiger charge is 1.65. The second kappa shape index (κ2) is 9.29. The Morgan fingerprint density at radius 3 is 1.71 bits per heavy atom. The summed E-state index contributed by atoms with van der Waals surface area (Å²) in [6, 6.07) is 0. The van der Waals surface area contributed by atoms with Gasteiger partial charge in [0.15, 0.2) is 0 Å². The van der Waals surface area contributed by atoms with Crippen LogP contribution < -0.4 is 0 Å². The van der Waals surface area contributed by atoms with Crippen molar-refractivity contribution in [1.82, 2.24) is 0 Å². The molecular formula is C2H10O3Si2. The second-order valence-corrected chi connectivity index (χ2v) is 4.19. The minimum absolute atomic E-state index is 0.833. The zero-order valence-electron chi connectivity index (χ0n) is 4.76. The van der Waals surface area contributed by atoms with Crippen LogP contribution >= 0.6 is 0 Å². The van der Waals surface area contributed by atoms with E-state index in [9.17, 15) is 0 Å². The van der Waals surface area contributed by atoms with Gasteiger partial charge in [-0.1, -0.05) is 0 Å². The van der Waals surface area contributed by atoms with Gasteiger partial charge in [0.2, 0.25) is 0 Å². The predicted molar refractivity (Wildman–Crippen MR) is 34.3 cm³/mol. The van der Waals surface area contributed by atoms with Gasteiger partial charge in [-0.2, -0.15) is 0 Å². The maximum atomic E-state index is 9.00. The van der Waals surface area contributed by atoms with Crippen molar-refractivity contribution in [3.05, 3.63) is 0 Å². The largest absolute Gasteiger partial charge is 0.481 e. The van der Waals surface area contributed by atoms with Gasteiger partial charge in [-0.25, -0.2) is 0 Å². The second-order valence-electron chi connectivity index (χ2n) is 0.927. The molecule has 1 N–H and O–H groups in total. The van der Waals surface area contributed by atoms with Crippen molar-refractivity contribution in [1.29, 1.82) is 0 Å². The smallest absolute Gasteiger partial charge is 0.300 e. The van der Waals surface area contributed by atoms with Crippen molar-refractivity contribution in [2.75, 3.05) is 0 Å². The Morgan fingerprint density at radius 1 is 1.71 bits per heavy atom. The number of rotatable bonds is 0. The Hall–Kier alpha value is -0.136. The summed E-state index contributed by atoms with van der Waals surface area (Å²) in [6.45, 7) is 1.08. The van der Waals surface area contributed by atoms with Gasteiger partial charge in [-0.3, -0.25) is 4.79 Å². The van der Waals surface area contributed by atoms with Crippen molar-refractivity contribution < 1.29 is 14.0 Å². The average molecular weight is 138 g/mol. The fraction of sp³-hybridized carbons (Fsp3) is 0.500. The molecule has 0 aromatic rings. The maximum absolute atomic E-state index is 9.00. The van der Waals surface area contributed by atoms with E-state index in [-0.39, 0.29) is 0 Å². The van der Waals surface area contributed by atoms with E-state index in [2.05, 4.69) is 4.12 Å². The molecule has 0 saturated carbocycles. The lowest BCUT2D eigenvalue weighted by atomic mass is 10.9. The van der Waals surface area contributed by atoms with E-state index < -0.39 is 5.97 Å². The molecule has 0 aliphatic rings. The Morgan fingerprint density at radius 2 is 1.71 bits per heavy atom. The van der Waals surface area contributed by atoms with Crippen LogP contribution in [0.25, 0.3) is 0 Å². The van der Waals surface area contributed by atoms with Crippen molar-refractivity contribution in [2.45, 2.75) is 6.92 Å². The molecule has 0 saturated heterocycles. The quantitative estimate of drug-likeness (QED) is 0.381. The SMILES string of the molecule is CC(=O)O.[SiH3]O[SiH3]. The van der Waals surface area contributed by atoms with Crippen molar-refractivity contribution in [3.8, 4) is 0 Å². The lowest BCUT2D eigenvalue weighted by molar-refractivity contribution is -0.134. The first-order valence-electron chi connectivity index (χ1n) is 1.74. The molecule has 0 aromatic heterocycles. The first kappa shape index (κ1) is 9.98. The van der Waals surface area contributed by atoms with E-state index in [4.69, 9.17) is 9.90 Å². The fourth-order valence-electron chi connectivity index (χ4n) is 0. The lowest BCUT2D eigenvalue weighted by Crippen LogP contribution is -1.78. The molecule has 5 heteroatoms. The van der Waals surface area contributed by atoms with Crippen LogP contribution in [0.2, 0.25) is 0 Å². The minimum Gasteiger partial charge on any atom is -0.481 e. The van der Waals surface area contributed by atoms with Crippen molar-refractivity contribution in [3.63, 3.8) is 0 Å². The highest BCUT2D eigenvalue weighted by molar-refractivity contribution is 6.15. The molecule has 0 spiro atoms. The summed E-state index contributed by atoms with van der Waals surface area (Å²) in [5.74, 6) is -0.833. The molecule has 0 aliphatic heterocycles. The summed E-state index contributed by atoms with van der Waals surface area (Å²) in [6.07, 6.45) is 0. The normalized spacial score (nSPS) is 7.00. The van der Waals surface area contributed by atoms with Crippen LogP contribution in [0.15, 0.2) is 0 Å². The molecule has 0 unspecified atom stereocenters. The predicted octanol–water partition coefficient (Wildman–Crippen LogP) is -2.35. The molecule has 44 valence electrons. The van der Waals surface area contributed by atoms with Crippen LogP contribution in [0.4, 0.5) is 0 Å². The Balaban J connectivity index is 0. The van der Waals surface area contributed by atoms with Gasteiger partial charge >= 0.3 is 0 Å². The van der Waals surface area contributed by atoms with Crippen LogP contribution in [-0.2, 0) is 8.91 Å². The van der Waals surface area contributed by atoms with E-state index in [1.54, 1.807) is 0 Å². The van der Waals surface area contributed by atoms with E-state index >= 15 is 0 Å². The molecular weight excluding hydrogens is 128 g/mol. The van der Waals surface area contributed by atoms with Gasteiger partial charge in [0.25, 0.3) is 5.97 Å². The molecule has 0 amide bonds. The van der Waals surface area contributed by atoms with E-state index in [1.165, 1.54) is 0 Å². The van der Waals surface area contributed by atoms with Gasteiger partial charge in [0.05, 0.1) is 0 Å². The number of hydrogen-bond acceptors (Lipinski definition) is 2. The maximum Gasteiger partial charge on any atom is 0.300 e. The highest BCUT2D eigenvalue weighted by Crippen LogP contribution is 1.42. The van der Waals surface area contributed by atoms with E-state index in [1.807, 2.05) is 0 Å². The lowest BCUT2D eigenvalue weighted by Gasteiger charge is -1.62. The van der Waals surface area contributed by atoms with Gasteiger partial charge in [-0.15, -0.1) is 0 Å². The zero-order valence-corrected chi connectivity index (χ0v) is 8.76. The molecule has 0 aromatic carbocycles. The minimum atomic E-state index is -0.833. The summed E-state index contributed by atoms with van der Waals surface area (Å²) in [5.41, 5.74) is 0. The first-order valence-corrected chi connectivity index (χ1v) is 3.38. The monoisotopic (exact) mass is 138 g/mol. The zero-order chi connectivity index (χ0) is 6.28. The van der Waals surface area contributed by atoms with Gasteiger partial charge in [0.1, 0.15) is 21.0 Å². The number of carboxylic acid groups (broad SMARTS) is 1. The summed E-state index contributed by atoms with van der Waals surface area (Å²) in [4.78, 5) is 9.00. The highest BCUT2D eigenvalue weighted by atomic mass is 28.3. The topological polar surface area (TPSA) is 46.5 Å². The summed E-state index contributed by atoms with van der Waals surface area (Å²) in [5, 5.41) is 7.42. The Bertz CT molecular complexity index is 42.2. The van der Waals surface area contributed by atoms with Crippen LogP contribution in [0, 0.1) is 0 Å². The number of aliphatic carboxylic acids is 1. The fourth-order valence-corrected chi connectivity index (χ4v) is 0. The van der Waals surface area contributed by atoms with Gasteiger partial charge in [-0.05, 0) is 0 Å². The van der Waals surface area contributed by atoms with Crippen molar-refractivity contribution in [2.24, 2.45) is 0 Å². The van der Waals surface area contributed by atoms with Crippen LogP contribution in [-0.4, -0.2) is 32.0 Å². The van der Waals surface area contributed by atoms with Crippen molar-refractivity contribution >= 4 is 26.9 Å². The molecule has 0 atom stereocenters. The third-order valence-corrected chi connectivity index (χ3v) is 0. The molecule has 0 radical (unpaired) electrons. The van der Waals surface area contributed by atoms with Crippen LogP contribution in [0.1, 0.15) is 6.92 Å². The number of carbonyl (C=O) groups is 1. The molecule has 0 rings (SSSR count). The molecule has 0 heterocycles. The summed E-state index contributed by atoms with van der Waals surface area (Å²) >= 11 is 0. The van der Waals surface area contributed by atoms with Crippen LogP contribution in [0.5, 0.6) is 0 Å². The van der Waals surface area contributed by atoms with E-state index in [0.717, 1.165) is 27.9 Å². The molecule has 0 bridgehead atoms. The number of hydrogen-bond donors (Lipinski definition) is 1. The van der Waals surface area contributed by atoms with Gasteiger partial charge < -0.3 is 9.22 Å². The Kier molecular flexibility index (Phi) is 13.2. The first-order chi connectivity index (χ1) is 3.15. The Labute approximate surface area is 48.8 Å². The summed E-state index contributed by atoms with van der Waals surface area (Å²) < 4.78 is 4.53. The average Bonchev–Trinajstić information content (AvgIpc) is 1.33. The molecule has 0 fully saturated rings. The molecule has 3 nitrogen and oxygen atoms in total.